The van der Waals surface area contributed by atoms with Crippen LogP contribution in [0.4, 0.5) is 0 Å². The first kappa shape index (κ1) is 21.0. The Bertz CT molecular complexity index is 1070. The Hall–Kier alpha value is -3.23. The molecule has 162 valence electrons. The number of aliphatic hydroxyl groups excluding tert-OH is 1. The molecule has 1 aliphatic rings. The average molecular weight is 422 g/mol. The molecular weight excluding hydrogens is 396 g/mol. The topological polar surface area (TPSA) is 115 Å². The molecule has 3 heterocycles. The second kappa shape index (κ2) is 9.28. The average Bonchev–Trinajstić information content (AvgIpc) is 3.17. The molecule has 0 bridgehead atoms. The van der Waals surface area contributed by atoms with Crippen LogP contribution < -0.4 is 10.5 Å². The highest BCUT2D eigenvalue weighted by Gasteiger charge is 2.21. The number of aliphatic hydroxyl groups is 1. The van der Waals surface area contributed by atoms with Gasteiger partial charge in [0, 0.05) is 44.0 Å². The van der Waals surface area contributed by atoms with Crippen molar-refractivity contribution in [3.8, 4) is 5.75 Å². The van der Waals surface area contributed by atoms with Gasteiger partial charge in [-0.25, -0.2) is 4.98 Å². The number of hydrogen-bond acceptors (Lipinski definition) is 7. The summed E-state index contributed by atoms with van der Waals surface area (Å²) in [6, 6.07) is 7.69. The molecule has 0 radical (unpaired) electrons. The summed E-state index contributed by atoms with van der Waals surface area (Å²) in [7, 11) is 0. The zero-order valence-electron chi connectivity index (χ0n) is 17.5. The standard InChI is InChI=1S/C23H26N4O4/c1-15-22(31-14-26-15)13-30-20-3-2-17-11-27(7-5-16(17)9-20)12-19(28)8-18-10-25-6-4-21(18)23(24)29/h2-4,6,9-10,14,19,28H,5,7-8,11-13H2,1H3,(H2,24,29)/t19-/m0/s1. The van der Waals surface area contributed by atoms with Crippen molar-refractivity contribution in [2.45, 2.75) is 39.0 Å². The Morgan fingerprint density at radius 2 is 2.23 bits per heavy atom. The third kappa shape index (κ3) is 5.10. The van der Waals surface area contributed by atoms with Gasteiger partial charge in [-0.3, -0.25) is 14.7 Å². The van der Waals surface area contributed by atoms with E-state index in [1.54, 1.807) is 12.3 Å². The van der Waals surface area contributed by atoms with Crippen molar-refractivity contribution in [2.24, 2.45) is 5.73 Å². The number of carbonyl (C=O) groups is 1. The Balaban J connectivity index is 1.34. The van der Waals surface area contributed by atoms with E-state index in [1.807, 2.05) is 13.0 Å². The molecule has 2 aromatic heterocycles. The molecule has 8 nitrogen and oxygen atoms in total. The molecule has 1 atom stereocenters. The van der Waals surface area contributed by atoms with Crippen LogP contribution >= 0.6 is 0 Å². The van der Waals surface area contributed by atoms with Crippen molar-refractivity contribution >= 4 is 5.91 Å². The van der Waals surface area contributed by atoms with Gasteiger partial charge in [-0.15, -0.1) is 0 Å². The lowest BCUT2D eigenvalue weighted by molar-refractivity contribution is 0.0988. The normalized spacial score (nSPS) is 14.8. The molecule has 8 heteroatoms. The highest BCUT2D eigenvalue weighted by atomic mass is 16.5. The number of nitrogens with two attached hydrogens (primary N) is 1. The minimum absolute atomic E-state index is 0.337. The first-order valence-corrected chi connectivity index (χ1v) is 10.3. The van der Waals surface area contributed by atoms with Crippen molar-refractivity contribution in [2.75, 3.05) is 13.1 Å². The largest absolute Gasteiger partial charge is 0.486 e. The number of aryl methyl sites for hydroxylation is 1. The Morgan fingerprint density at radius 1 is 1.35 bits per heavy atom. The second-order valence-electron chi connectivity index (χ2n) is 7.82. The maximum atomic E-state index is 11.6. The van der Waals surface area contributed by atoms with Crippen LogP contribution in [-0.4, -0.2) is 45.1 Å². The number of pyridine rings is 1. The number of oxazole rings is 1. The Labute approximate surface area is 180 Å². The molecule has 0 unspecified atom stereocenters. The number of β-amino-alcohol motifs (C(OH)–C–C–N with tert-alkyl or cyclic N) is 1. The number of hydrogen-bond donors (Lipinski definition) is 2. The first-order chi connectivity index (χ1) is 15.0. The highest BCUT2D eigenvalue weighted by molar-refractivity contribution is 5.94. The van der Waals surface area contributed by atoms with E-state index in [9.17, 15) is 9.90 Å². The molecule has 31 heavy (non-hydrogen) atoms. The zero-order valence-corrected chi connectivity index (χ0v) is 17.5. The number of aromatic nitrogens is 2. The van der Waals surface area contributed by atoms with Gasteiger partial charge in [0.25, 0.3) is 0 Å². The fourth-order valence-electron chi connectivity index (χ4n) is 3.89. The van der Waals surface area contributed by atoms with Crippen molar-refractivity contribution in [3.05, 3.63) is 76.8 Å². The van der Waals surface area contributed by atoms with Crippen molar-refractivity contribution in [1.82, 2.24) is 14.9 Å². The van der Waals surface area contributed by atoms with Gasteiger partial charge < -0.3 is 20.0 Å². The van der Waals surface area contributed by atoms with Gasteiger partial charge in [-0.1, -0.05) is 6.07 Å². The van der Waals surface area contributed by atoms with E-state index in [4.69, 9.17) is 14.9 Å². The molecule has 3 aromatic rings. The molecule has 0 fully saturated rings. The van der Waals surface area contributed by atoms with Gasteiger partial charge >= 0.3 is 0 Å². The maximum absolute atomic E-state index is 11.6. The van der Waals surface area contributed by atoms with Crippen LogP contribution in [0.15, 0.2) is 47.5 Å². The highest BCUT2D eigenvalue weighted by Crippen LogP contribution is 2.25. The summed E-state index contributed by atoms with van der Waals surface area (Å²) >= 11 is 0. The first-order valence-electron chi connectivity index (χ1n) is 10.3. The van der Waals surface area contributed by atoms with Crippen LogP contribution in [0.5, 0.6) is 5.75 Å². The van der Waals surface area contributed by atoms with Gasteiger partial charge in [0.1, 0.15) is 12.4 Å². The third-order valence-corrected chi connectivity index (χ3v) is 5.58. The molecule has 0 spiro atoms. The summed E-state index contributed by atoms with van der Waals surface area (Å²) in [5, 5.41) is 10.6. The van der Waals surface area contributed by atoms with Gasteiger partial charge in [0.2, 0.25) is 5.91 Å². The lowest BCUT2D eigenvalue weighted by Crippen LogP contribution is -2.37. The van der Waals surface area contributed by atoms with E-state index >= 15 is 0 Å². The summed E-state index contributed by atoms with van der Waals surface area (Å²) < 4.78 is 11.2. The predicted octanol–water partition coefficient (Wildman–Crippen LogP) is 2.02. The van der Waals surface area contributed by atoms with E-state index in [1.165, 1.54) is 23.7 Å². The molecule has 0 saturated carbocycles. The van der Waals surface area contributed by atoms with E-state index in [2.05, 4.69) is 27.0 Å². The number of rotatable bonds is 8. The van der Waals surface area contributed by atoms with Crippen LogP contribution in [0.3, 0.4) is 0 Å². The smallest absolute Gasteiger partial charge is 0.249 e. The summed E-state index contributed by atoms with van der Waals surface area (Å²) in [6.45, 7) is 4.34. The molecule has 1 aliphatic heterocycles. The summed E-state index contributed by atoms with van der Waals surface area (Å²) in [5.74, 6) is 1.03. The van der Waals surface area contributed by atoms with E-state index in [0.717, 1.165) is 36.7 Å². The number of fused-ring (bicyclic) bond motifs is 1. The lowest BCUT2D eigenvalue weighted by atomic mass is 9.98. The van der Waals surface area contributed by atoms with Crippen LogP contribution in [0.25, 0.3) is 0 Å². The molecular formula is C23H26N4O4. The monoisotopic (exact) mass is 422 g/mol. The van der Waals surface area contributed by atoms with Crippen LogP contribution in [0.1, 0.15) is 38.5 Å². The minimum Gasteiger partial charge on any atom is -0.486 e. The summed E-state index contributed by atoms with van der Waals surface area (Å²) in [4.78, 5) is 21.9. The molecule has 4 rings (SSSR count). The van der Waals surface area contributed by atoms with Gasteiger partial charge in [0.05, 0.1) is 11.8 Å². The van der Waals surface area contributed by atoms with Gasteiger partial charge in [0.15, 0.2) is 12.2 Å². The van der Waals surface area contributed by atoms with E-state index < -0.39 is 12.0 Å². The number of ether oxygens (including phenoxy) is 1. The van der Waals surface area contributed by atoms with Gasteiger partial charge in [-0.05, 0) is 48.2 Å². The van der Waals surface area contributed by atoms with Crippen molar-refractivity contribution < 1.29 is 19.1 Å². The minimum atomic E-state index is -0.614. The number of amides is 1. The molecule has 1 amide bonds. The lowest BCUT2D eigenvalue weighted by Gasteiger charge is -2.30. The number of benzene rings is 1. The van der Waals surface area contributed by atoms with E-state index in [-0.39, 0.29) is 0 Å². The quantitative estimate of drug-likeness (QED) is 0.571. The van der Waals surface area contributed by atoms with Crippen molar-refractivity contribution in [3.63, 3.8) is 0 Å². The number of nitrogens with zero attached hydrogens (tertiary/aromatic N) is 3. The second-order valence-corrected chi connectivity index (χ2v) is 7.82. The SMILES string of the molecule is Cc1ncoc1COc1ccc2c(c1)CCN(C[C@@H](O)Cc1cnccc1C(N)=O)C2. The Morgan fingerprint density at radius 3 is 3.00 bits per heavy atom. The van der Waals surface area contributed by atoms with Crippen LogP contribution in [0.2, 0.25) is 0 Å². The number of carbonyl (C=O) groups excluding carboxylic acids is 1. The molecule has 0 saturated heterocycles. The van der Waals surface area contributed by atoms with Gasteiger partial charge in [-0.2, -0.15) is 0 Å². The summed E-state index contributed by atoms with van der Waals surface area (Å²) in [6.07, 6.45) is 5.14. The summed E-state index contributed by atoms with van der Waals surface area (Å²) in [5.41, 5.74) is 9.81. The maximum Gasteiger partial charge on any atom is 0.249 e. The molecule has 3 N–H and O–H groups in total. The number of primary amides is 1. The fourth-order valence-corrected chi connectivity index (χ4v) is 3.89. The third-order valence-electron chi connectivity index (χ3n) is 5.58. The van der Waals surface area contributed by atoms with Crippen LogP contribution in [0, 0.1) is 6.92 Å². The fraction of sp³-hybridized carbons (Fsp3) is 0.348. The zero-order chi connectivity index (χ0) is 21.8. The predicted molar refractivity (Wildman–Crippen MR) is 113 cm³/mol. The molecule has 0 aliphatic carbocycles. The van der Waals surface area contributed by atoms with E-state index in [0.29, 0.717) is 30.7 Å². The van der Waals surface area contributed by atoms with Crippen LogP contribution in [-0.2, 0) is 26.0 Å². The van der Waals surface area contributed by atoms with Crippen molar-refractivity contribution in [1.29, 1.82) is 0 Å². The molecule has 1 aromatic carbocycles. The Kier molecular flexibility index (Phi) is 6.29.